The fraction of sp³-hybridized carbons (Fsp3) is 0.150. The first-order valence-electron chi connectivity index (χ1n) is 9.14. The van der Waals surface area contributed by atoms with Gasteiger partial charge in [-0.1, -0.05) is 0 Å². The highest BCUT2D eigenvalue weighted by atomic mass is 32.2. The maximum atomic E-state index is 13.2. The highest BCUT2D eigenvalue weighted by molar-refractivity contribution is 7.87. The van der Waals surface area contributed by atoms with Crippen LogP contribution in [0.4, 0.5) is 5.69 Å². The molecule has 1 N–H and O–H groups in total. The van der Waals surface area contributed by atoms with Crippen LogP contribution in [0.15, 0.2) is 52.0 Å². The second kappa shape index (κ2) is 7.57. The molecule has 0 atom stereocenters. The Hall–Kier alpha value is -4.06. The average molecular weight is 459 g/mol. The fourth-order valence-corrected chi connectivity index (χ4v) is 4.46. The van der Waals surface area contributed by atoms with E-state index >= 15 is 0 Å². The molecule has 4 aromatic rings. The summed E-state index contributed by atoms with van der Waals surface area (Å²) < 4.78 is 43.8. The Bertz CT molecular complexity index is 1430. The van der Waals surface area contributed by atoms with Gasteiger partial charge < -0.3 is 18.4 Å². The summed E-state index contributed by atoms with van der Waals surface area (Å²) in [7, 11) is -1.56. The van der Waals surface area contributed by atoms with Crippen LogP contribution >= 0.6 is 0 Å². The number of phenolic OH excluding ortho intramolecular Hbond substituents is 1. The highest BCUT2D eigenvalue weighted by Crippen LogP contribution is 2.48. The number of fused-ring (bicyclic) bond motifs is 1. The van der Waals surface area contributed by atoms with Gasteiger partial charge in [0.15, 0.2) is 16.2 Å². The third-order valence-electron chi connectivity index (χ3n) is 4.87. The number of hydrogen-bond acceptors (Lipinski definition) is 9. The summed E-state index contributed by atoms with van der Waals surface area (Å²) in [5.74, 6) is -0.663. The summed E-state index contributed by atoms with van der Waals surface area (Å²) in [4.78, 5) is 9.58. The van der Waals surface area contributed by atoms with Crippen molar-refractivity contribution < 1.29 is 31.8 Å². The first-order valence-corrected chi connectivity index (χ1v) is 10.5. The molecule has 0 fully saturated rings. The van der Waals surface area contributed by atoms with E-state index in [0.717, 1.165) is 30.0 Å². The van der Waals surface area contributed by atoms with Crippen molar-refractivity contribution >= 4 is 26.8 Å². The quantitative estimate of drug-likeness (QED) is 0.260. The van der Waals surface area contributed by atoms with Crippen LogP contribution in [0, 0.1) is 17.0 Å². The number of nitrogens with zero attached hydrogens (tertiary/aromatic N) is 3. The van der Waals surface area contributed by atoms with Crippen LogP contribution in [-0.4, -0.2) is 35.3 Å². The number of ether oxygens (including phenoxy) is 1. The molecular weight excluding hydrogens is 442 g/mol. The van der Waals surface area contributed by atoms with Crippen LogP contribution in [0.5, 0.6) is 17.2 Å². The molecule has 11 nitrogen and oxygen atoms in total. The van der Waals surface area contributed by atoms with Crippen molar-refractivity contribution in [2.75, 3.05) is 7.11 Å². The number of aromatic nitrogens is 2. The first kappa shape index (κ1) is 21.2. The van der Waals surface area contributed by atoms with Gasteiger partial charge in [-0.2, -0.15) is 13.5 Å². The molecule has 2 heterocycles. The van der Waals surface area contributed by atoms with Gasteiger partial charge in [0.1, 0.15) is 17.2 Å². The first-order chi connectivity index (χ1) is 15.1. The van der Waals surface area contributed by atoms with E-state index < -0.39 is 25.7 Å². The lowest BCUT2D eigenvalue weighted by Crippen LogP contribution is -2.11. The van der Waals surface area contributed by atoms with Crippen molar-refractivity contribution in [1.29, 1.82) is 0 Å². The van der Waals surface area contributed by atoms with Crippen LogP contribution in [-0.2, 0) is 17.2 Å². The maximum absolute atomic E-state index is 13.2. The fourth-order valence-electron chi connectivity index (χ4n) is 3.28. The molecule has 0 unspecified atom stereocenters. The third-order valence-corrected chi connectivity index (χ3v) is 6.16. The van der Waals surface area contributed by atoms with E-state index in [-0.39, 0.29) is 39.4 Å². The maximum Gasteiger partial charge on any atom is 0.346 e. The second-order valence-electron chi connectivity index (χ2n) is 6.83. The van der Waals surface area contributed by atoms with E-state index in [1.54, 1.807) is 24.7 Å². The zero-order chi connectivity index (χ0) is 23.2. The molecular formula is C20H17N3O8S. The number of furan rings is 1. The van der Waals surface area contributed by atoms with E-state index in [0.29, 0.717) is 0 Å². The standard InChI is InChI=1S/C20H17N3O8S/c1-11-10-15(21-22(11)2)16-17(24)20(19-14(8-9-30-19)18(16)29-3)32(27,28)31-13-6-4-12(5-7-13)23(25)26/h4-10,24H,1-3H3. The zero-order valence-electron chi connectivity index (χ0n) is 17.1. The minimum absolute atomic E-state index is 0.0518. The molecule has 166 valence electrons. The molecule has 0 amide bonds. The lowest BCUT2D eigenvalue weighted by atomic mass is 10.1. The van der Waals surface area contributed by atoms with Crippen LogP contribution in [0.2, 0.25) is 0 Å². The van der Waals surface area contributed by atoms with Crippen molar-refractivity contribution in [1.82, 2.24) is 9.78 Å². The van der Waals surface area contributed by atoms with Gasteiger partial charge in [-0.05, 0) is 31.2 Å². The lowest BCUT2D eigenvalue weighted by Gasteiger charge is -2.15. The van der Waals surface area contributed by atoms with Gasteiger partial charge in [-0.25, -0.2) is 0 Å². The van der Waals surface area contributed by atoms with Gasteiger partial charge in [0.25, 0.3) is 5.69 Å². The molecule has 2 aromatic carbocycles. The van der Waals surface area contributed by atoms with Crippen molar-refractivity contribution in [2.45, 2.75) is 11.8 Å². The van der Waals surface area contributed by atoms with E-state index in [9.17, 15) is 23.6 Å². The third kappa shape index (κ3) is 3.39. The van der Waals surface area contributed by atoms with Gasteiger partial charge in [0.05, 0.1) is 29.2 Å². The molecule has 0 spiro atoms. The van der Waals surface area contributed by atoms with Crippen molar-refractivity contribution in [3.63, 3.8) is 0 Å². The van der Waals surface area contributed by atoms with E-state index in [1.165, 1.54) is 19.4 Å². The summed E-state index contributed by atoms with van der Waals surface area (Å²) in [5, 5.41) is 26.5. The summed E-state index contributed by atoms with van der Waals surface area (Å²) in [6.45, 7) is 1.80. The van der Waals surface area contributed by atoms with Crippen LogP contribution in [0.25, 0.3) is 22.2 Å². The topological polar surface area (TPSA) is 147 Å². The molecule has 0 saturated heterocycles. The monoisotopic (exact) mass is 459 g/mol. The molecule has 2 aromatic heterocycles. The van der Waals surface area contributed by atoms with Crippen molar-refractivity contribution in [3.05, 3.63) is 58.5 Å². The number of benzene rings is 2. The second-order valence-corrected chi connectivity index (χ2v) is 8.32. The number of rotatable bonds is 6. The number of methoxy groups -OCH3 is 1. The molecule has 0 aliphatic heterocycles. The number of aromatic hydroxyl groups is 1. The predicted molar refractivity (Wildman–Crippen MR) is 112 cm³/mol. The van der Waals surface area contributed by atoms with Gasteiger partial charge >= 0.3 is 10.1 Å². The van der Waals surface area contributed by atoms with Gasteiger partial charge in [-0.15, -0.1) is 0 Å². The number of non-ortho nitro benzene ring substituents is 1. The number of hydrogen-bond donors (Lipinski definition) is 1. The largest absolute Gasteiger partial charge is 0.505 e. The Morgan fingerprint density at radius 2 is 1.91 bits per heavy atom. The normalized spacial score (nSPS) is 11.6. The van der Waals surface area contributed by atoms with Crippen molar-refractivity contribution in [3.8, 4) is 28.5 Å². The molecule has 0 saturated carbocycles. The minimum atomic E-state index is -4.64. The van der Waals surface area contributed by atoms with Crippen LogP contribution < -0.4 is 8.92 Å². The Kier molecular flexibility index (Phi) is 5.01. The van der Waals surface area contributed by atoms with E-state index in [2.05, 4.69) is 5.10 Å². The Labute approximate surface area is 181 Å². The SMILES string of the molecule is COc1c(-c2cc(C)n(C)n2)c(O)c(S(=O)(=O)Oc2ccc([N+](=O)[O-])cc2)c2occc12. The molecule has 0 radical (unpaired) electrons. The summed E-state index contributed by atoms with van der Waals surface area (Å²) in [5.41, 5.74) is 0.700. The summed E-state index contributed by atoms with van der Waals surface area (Å²) in [6, 6.07) is 7.64. The lowest BCUT2D eigenvalue weighted by molar-refractivity contribution is -0.384. The molecule has 0 aliphatic rings. The van der Waals surface area contributed by atoms with Crippen LogP contribution in [0.1, 0.15) is 5.69 Å². The van der Waals surface area contributed by atoms with Gasteiger partial charge in [-0.3, -0.25) is 14.8 Å². The number of phenols is 1. The Morgan fingerprint density at radius 1 is 1.22 bits per heavy atom. The Balaban J connectivity index is 1.92. The number of nitro benzene ring substituents is 1. The van der Waals surface area contributed by atoms with E-state index in [4.69, 9.17) is 13.3 Å². The molecule has 0 bridgehead atoms. The summed E-state index contributed by atoms with van der Waals surface area (Å²) >= 11 is 0. The van der Waals surface area contributed by atoms with Gasteiger partial charge in [0.2, 0.25) is 0 Å². The molecule has 0 aliphatic carbocycles. The molecule has 4 rings (SSSR count). The van der Waals surface area contributed by atoms with Crippen molar-refractivity contribution in [2.24, 2.45) is 7.05 Å². The van der Waals surface area contributed by atoms with E-state index in [1.807, 2.05) is 0 Å². The smallest absolute Gasteiger partial charge is 0.346 e. The highest BCUT2D eigenvalue weighted by Gasteiger charge is 2.33. The molecule has 32 heavy (non-hydrogen) atoms. The number of nitro groups is 1. The number of aryl methyl sites for hydroxylation is 2. The van der Waals surface area contributed by atoms with Gasteiger partial charge in [0, 0.05) is 24.9 Å². The zero-order valence-corrected chi connectivity index (χ0v) is 17.9. The average Bonchev–Trinajstić information content (AvgIpc) is 3.33. The Morgan fingerprint density at radius 3 is 2.47 bits per heavy atom. The summed E-state index contributed by atoms with van der Waals surface area (Å²) in [6.07, 6.45) is 1.25. The van der Waals surface area contributed by atoms with Crippen LogP contribution in [0.3, 0.4) is 0 Å². The predicted octanol–water partition coefficient (Wildman–Crippen LogP) is 3.53. The molecule has 12 heteroatoms. The minimum Gasteiger partial charge on any atom is -0.505 e.